The number of methoxy groups -OCH3 is 1. The van der Waals surface area contributed by atoms with Gasteiger partial charge >= 0.3 is 6.09 Å². The van der Waals surface area contributed by atoms with Crippen LogP contribution in [-0.4, -0.2) is 18.1 Å². The SMILES string of the molecule is COC(=O)Nc1ccc([N+](=O)[O-])cc1I. The first-order chi connectivity index (χ1) is 7.04. The number of carbonyl (C=O) groups is 1. The third kappa shape index (κ3) is 3.05. The van der Waals surface area contributed by atoms with Crippen LogP contribution in [0, 0.1) is 13.7 Å². The molecule has 7 heteroatoms. The van der Waals surface area contributed by atoms with Gasteiger partial charge in [-0.2, -0.15) is 0 Å². The van der Waals surface area contributed by atoms with E-state index < -0.39 is 11.0 Å². The highest BCUT2D eigenvalue weighted by molar-refractivity contribution is 14.1. The molecule has 15 heavy (non-hydrogen) atoms. The molecule has 1 aromatic rings. The van der Waals surface area contributed by atoms with Gasteiger partial charge in [0.15, 0.2) is 0 Å². The van der Waals surface area contributed by atoms with Gasteiger partial charge in [-0.15, -0.1) is 0 Å². The summed E-state index contributed by atoms with van der Waals surface area (Å²) in [4.78, 5) is 20.8. The van der Waals surface area contributed by atoms with E-state index in [9.17, 15) is 14.9 Å². The molecule has 0 unspecified atom stereocenters. The van der Waals surface area contributed by atoms with Crippen molar-refractivity contribution in [3.8, 4) is 0 Å². The maximum atomic E-state index is 10.9. The van der Waals surface area contributed by atoms with Gasteiger partial charge < -0.3 is 4.74 Å². The van der Waals surface area contributed by atoms with Crippen molar-refractivity contribution in [2.45, 2.75) is 0 Å². The van der Waals surface area contributed by atoms with Crippen LogP contribution in [-0.2, 0) is 4.74 Å². The van der Waals surface area contributed by atoms with Crippen LogP contribution in [0.4, 0.5) is 16.2 Å². The molecule has 1 amide bonds. The van der Waals surface area contributed by atoms with Crippen LogP contribution in [0.3, 0.4) is 0 Å². The third-order valence-corrected chi connectivity index (χ3v) is 2.48. The topological polar surface area (TPSA) is 81.5 Å². The normalized spacial score (nSPS) is 9.47. The first kappa shape index (κ1) is 11.7. The van der Waals surface area contributed by atoms with E-state index in [2.05, 4.69) is 10.1 Å². The Kier molecular flexibility index (Phi) is 3.83. The zero-order chi connectivity index (χ0) is 11.4. The first-order valence-corrected chi connectivity index (χ1v) is 4.91. The summed E-state index contributed by atoms with van der Waals surface area (Å²) < 4.78 is 4.98. The second-order valence-electron chi connectivity index (χ2n) is 2.54. The van der Waals surface area contributed by atoms with E-state index >= 15 is 0 Å². The lowest BCUT2D eigenvalue weighted by Gasteiger charge is -2.05. The van der Waals surface area contributed by atoms with Crippen molar-refractivity contribution in [3.05, 3.63) is 31.9 Å². The van der Waals surface area contributed by atoms with Gasteiger partial charge in [0.05, 0.1) is 17.7 Å². The van der Waals surface area contributed by atoms with Crippen molar-refractivity contribution < 1.29 is 14.5 Å². The van der Waals surface area contributed by atoms with Crippen LogP contribution in [0.1, 0.15) is 0 Å². The molecule has 0 fully saturated rings. The van der Waals surface area contributed by atoms with Crippen LogP contribution < -0.4 is 5.32 Å². The summed E-state index contributed by atoms with van der Waals surface area (Å²) in [6.07, 6.45) is -0.609. The molecule has 6 nitrogen and oxygen atoms in total. The Morgan fingerprint density at radius 3 is 2.73 bits per heavy atom. The predicted molar refractivity (Wildman–Crippen MR) is 61.8 cm³/mol. The van der Waals surface area contributed by atoms with E-state index in [0.717, 1.165) is 0 Å². The molecule has 0 saturated carbocycles. The van der Waals surface area contributed by atoms with Gasteiger partial charge in [-0.1, -0.05) is 0 Å². The average molecular weight is 322 g/mol. The average Bonchev–Trinajstić information content (AvgIpc) is 2.20. The molecule has 0 bridgehead atoms. The molecule has 80 valence electrons. The zero-order valence-corrected chi connectivity index (χ0v) is 9.85. The number of nitro groups is 1. The number of hydrogen-bond donors (Lipinski definition) is 1. The molecule has 1 N–H and O–H groups in total. The number of rotatable bonds is 2. The van der Waals surface area contributed by atoms with Crippen LogP contribution in [0.2, 0.25) is 0 Å². The zero-order valence-electron chi connectivity index (χ0n) is 7.69. The lowest BCUT2D eigenvalue weighted by molar-refractivity contribution is -0.384. The van der Waals surface area contributed by atoms with Crippen molar-refractivity contribution >= 4 is 40.1 Å². The summed E-state index contributed by atoms with van der Waals surface area (Å²) in [7, 11) is 1.24. The monoisotopic (exact) mass is 322 g/mol. The third-order valence-electron chi connectivity index (χ3n) is 1.59. The maximum absolute atomic E-state index is 10.9. The Balaban J connectivity index is 2.93. The summed E-state index contributed by atoms with van der Waals surface area (Å²) in [5, 5.41) is 12.9. The molecule has 0 atom stereocenters. The molecule has 0 aliphatic carbocycles. The van der Waals surface area contributed by atoms with Crippen molar-refractivity contribution in [3.63, 3.8) is 0 Å². The molecule has 0 aliphatic heterocycles. The number of anilines is 1. The summed E-state index contributed by atoms with van der Waals surface area (Å²) in [6, 6.07) is 4.14. The van der Waals surface area contributed by atoms with Crippen LogP contribution in [0.5, 0.6) is 0 Å². The number of nitro benzene ring substituents is 1. The summed E-state index contributed by atoms with van der Waals surface area (Å²) in [5.74, 6) is 0. The Hall–Kier alpha value is -1.38. The smallest absolute Gasteiger partial charge is 0.411 e. The van der Waals surface area contributed by atoms with Gasteiger partial charge in [0.1, 0.15) is 0 Å². The van der Waals surface area contributed by atoms with E-state index in [1.165, 1.54) is 25.3 Å². The molecular weight excluding hydrogens is 315 g/mol. The molecule has 0 aliphatic rings. The van der Waals surface area contributed by atoms with Crippen LogP contribution in [0.25, 0.3) is 0 Å². The van der Waals surface area contributed by atoms with Crippen molar-refractivity contribution in [1.82, 2.24) is 0 Å². The number of halogens is 1. The van der Waals surface area contributed by atoms with Gasteiger partial charge in [0.25, 0.3) is 5.69 Å². The van der Waals surface area contributed by atoms with E-state index in [-0.39, 0.29) is 5.69 Å². The molecular formula is C8H7IN2O4. The Bertz CT molecular complexity index is 408. The molecule has 0 radical (unpaired) electrons. The summed E-state index contributed by atoms with van der Waals surface area (Å²) in [6.45, 7) is 0. The summed E-state index contributed by atoms with van der Waals surface area (Å²) >= 11 is 1.89. The Morgan fingerprint density at radius 1 is 1.60 bits per heavy atom. The largest absolute Gasteiger partial charge is 0.453 e. The minimum absolute atomic E-state index is 0.0187. The van der Waals surface area contributed by atoms with Gasteiger partial charge in [0, 0.05) is 15.7 Å². The lowest BCUT2D eigenvalue weighted by Crippen LogP contribution is -2.11. The molecule has 1 aromatic carbocycles. The van der Waals surface area contributed by atoms with Gasteiger partial charge in [-0.25, -0.2) is 4.79 Å². The fourth-order valence-electron chi connectivity index (χ4n) is 0.880. The standard InChI is InChI=1S/C8H7IN2O4/c1-15-8(12)10-7-3-2-5(11(13)14)4-6(7)9/h2-4H,1H3,(H,10,12). The maximum Gasteiger partial charge on any atom is 0.411 e. The van der Waals surface area contributed by atoms with E-state index in [0.29, 0.717) is 9.26 Å². The van der Waals surface area contributed by atoms with Crippen molar-refractivity contribution in [2.75, 3.05) is 12.4 Å². The quantitative estimate of drug-likeness (QED) is 0.515. The Morgan fingerprint density at radius 2 is 2.27 bits per heavy atom. The number of nitrogens with one attached hydrogen (secondary N) is 1. The highest BCUT2D eigenvalue weighted by atomic mass is 127. The fourth-order valence-corrected chi connectivity index (χ4v) is 1.51. The number of ether oxygens (including phenoxy) is 1. The van der Waals surface area contributed by atoms with Gasteiger partial charge in [-0.3, -0.25) is 15.4 Å². The van der Waals surface area contributed by atoms with E-state index in [1.54, 1.807) is 0 Å². The number of benzene rings is 1. The molecule has 0 saturated heterocycles. The Labute approximate surface area is 98.9 Å². The fraction of sp³-hybridized carbons (Fsp3) is 0.125. The number of carbonyl (C=O) groups excluding carboxylic acids is 1. The lowest BCUT2D eigenvalue weighted by atomic mass is 10.3. The van der Waals surface area contributed by atoms with Crippen LogP contribution >= 0.6 is 22.6 Å². The first-order valence-electron chi connectivity index (χ1n) is 3.83. The highest BCUT2D eigenvalue weighted by Crippen LogP contribution is 2.23. The number of hydrogen-bond acceptors (Lipinski definition) is 4. The molecule has 0 heterocycles. The van der Waals surface area contributed by atoms with Crippen molar-refractivity contribution in [2.24, 2.45) is 0 Å². The second kappa shape index (κ2) is 4.91. The van der Waals surface area contributed by atoms with Gasteiger partial charge in [0.2, 0.25) is 0 Å². The van der Waals surface area contributed by atoms with Gasteiger partial charge in [-0.05, 0) is 28.7 Å². The van der Waals surface area contributed by atoms with Crippen LogP contribution in [0.15, 0.2) is 18.2 Å². The predicted octanol–water partition coefficient (Wildman–Crippen LogP) is 2.38. The minimum Gasteiger partial charge on any atom is -0.453 e. The van der Waals surface area contributed by atoms with E-state index in [1.807, 2.05) is 22.6 Å². The van der Waals surface area contributed by atoms with E-state index in [4.69, 9.17) is 0 Å². The number of nitrogens with zero attached hydrogens (tertiary/aromatic N) is 1. The highest BCUT2D eigenvalue weighted by Gasteiger charge is 2.10. The minimum atomic E-state index is -0.609. The number of amides is 1. The molecule has 1 rings (SSSR count). The summed E-state index contributed by atoms with van der Waals surface area (Å²) in [5.41, 5.74) is 0.461. The number of non-ortho nitro benzene ring substituents is 1. The molecule has 0 spiro atoms. The van der Waals surface area contributed by atoms with Crippen molar-refractivity contribution in [1.29, 1.82) is 0 Å². The second-order valence-corrected chi connectivity index (χ2v) is 3.70. The molecule has 0 aromatic heterocycles.